The van der Waals surface area contributed by atoms with Crippen LogP contribution in [0.1, 0.15) is 159 Å². The van der Waals surface area contributed by atoms with Crippen molar-refractivity contribution in [1.82, 2.24) is 42.5 Å². The van der Waals surface area contributed by atoms with E-state index in [-0.39, 0.29) is 66.6 Å². The molecule has 0 saturated heterocycles. The van der Waals surface area contributed by atoms with Gasteiger partial charge in [0, 0.05) is 17.4 Å². The molecule has 0 saturated carbocycles. The quantitative estimate of drug-likeness (QED) is 0.0394. The molecule has 2 aromatic carbocycles. The SMILES string of the molecule is CC(=O)Sc1ccc(C(=O)N[C@@H](CC(C)C)C(=O)NC(C)(C)C(=O)N[C@@H](CC(C)C)C(=O)NC(C)(C)C(=O)N[C@@H](CC(C)C)C(=O)NC(C)(C)C(=O)N[C@@H](CC(C)C)C(=O)NC(C)(C)C(=O)OCc2ccccc2)cc1. The molecule has 422 valence electrons. The van der Waals surface area contributed by atoms with Crippen LogP contribution in [0.2, 0.25) is 0 Å². The predicted octanol–water partition coefficient (Wildman–Crippen LogP) is 5.39. The number of ether oxygens (including phenoxy) is 1. The minimum atomic E-state index is -1.66. The third kappa shape index (κ3) is 22.1. The van der Waals surface area contributed by atoms with Gasteiger partial charge in [-0.1, -0.05) is 97.5 Å². The van der Waals surface area contributed by atoms with E-state index in [0.29, 0.717) is 4.90 Å². The molecule has 20 heteroatoms. The minimum Gasteiger partial charge on any atom is -0.459 e. The van der Waals surface area contributed by atoms with Crippen LogP contribution in [0.4, 0.5) is 0 Å². The van der Waals surface area contributed by atoms with E-state index in [1.807, 2.05) is 73.6 Å². The zero-order valence-corrected chi connectivity index (χ0v) is 48.6. The fourth-order valence-corrected chi connectivity index (χ4v) is 8.22. The molecule has 8 amide bonds. The summed E-state index contributed by atoms with van der Waals surface area (Å²) in [6, 6.07) is 10.9. The number of rotatable bonds is 28. The second-order valence-corrected chi connectivity index (χ2v) is 24.5. The molecule has 0 heterocycles. The Morgan fingerprint density at radius 1 is 0.447 bits per heavy atom. The molecule has 2 aromatic rings. The predicted molar refractivity (Wildman–Crippen MR) is 293 cm³/mol. The highest BCUT2D eigenvalue weighted by Crippen LogP contribution is 2.20. The molecule has 8 N–H and O–H groups in total. The third-order valence-electron chi connectivity index (χ3n) is 11.9. The van der Waals surface area contributed by atoms with Crippen molar-refractivity contribution in [2.24, 2.45) is 23.7 Å². The summed E-state index contributed by atoms with van der Waals surface area (Å²) in [6.45, 7) is 28.0. The van der Waals surface area contributed by atoms with Crippen LogP contribution in [-0.2, 0) is 54.5 Å². The monoisotopic (exact) mass is 1080 g/mol. The molecule has 0 aliphatic rings. The Hall–Kier alpha value is -6.31. The summed E-state index contributed by atoms with van der Waals surface area (Å²) in [5.74, 6) is -6.40. The molecule has 0 aliphatic heterocycles. The lowest BCUT2D eigenvalue weighted by Gasteiger charge is -2.34. The van der Waals surface area contributed by atoms with E-state index in [0.717, 1.165) is 17.3 Å². The Morgan fingerprint density at radius 2 is 0.763 bits per heavy atom. The van der Waals surface area contributed by atoms with Gasteiger partial charge in [-0.2, -0.15) is 0 Å². The number of carbonyl (C=O) groups is 10. The van der Waals surface area contributed by atoms with Crippen LogP contribution in [0.5, 0.6) is 0 Å². The molecule has 0 aromatic heterocycles. The number of hydrogen-bond donors (Lipinski definition) is 8. The Kier molecular flexibility index (Phi) is 24.9. The smallest absolute Gasteiger partial charge is 0.331 e. The first-order valence-corrected chi connectivity index (χ1v) is 26.8. The van der Waals surface area contributed by atoms with E-state index >= 15 is 0 Å². The number of benzene rings is 2. The molecule has 4 atom stereocenters. The van der Waals surface area contributed by atoms with E-state index in [9.17, 15) is 47.9 Å². The average molecular weight is 1080 g/mol. The highest BCUT2D eigenvalue weighted by molar-refractivity contribution is 8.13. The van der Waals surface area contributed by atoms with Crippen LogP contribution in [0, 0.1) is 23.7 Å². The van der Waals surface area contributed by atoms with Crippen LogP contribution < -0.4 is 42.5 Å². The van der Waals surface area contributed by atoms with Gasteiger partial charge in [0.25, 0.3) is 5.91 Å². The molecule has 19 nitrogen and oxygen atoms in total. The number of nitrogens with one attached hydrogen (secondary N) is 8. The first kappa shape index (κ1) is 65.8. The number of carbonyl (C=O) groups excluding carboxylic acids is 10. The molecule has 0 radical (unpaired) electrons. The zero-order chi connectivity index (χ0) is 58.1. The van der Waals surface area contributed by atoms with Crippen LogP contribution in [0.15, 0.2) is 59.5 Å². The largest absolute Gasteiger partial charge is 0.459 e. The van der Waals surface area contributed by atoms with E-state index < -0.39 is 99.5 Å². The summed E-state index contributed by atoms with van der Waals surface area (Å²) in [6.07, 6.45) is 0.715. The van der Waals surface area contributed by atoms with Gasteiger partial charge in [0.1, 0.15) is 52.9 Å². The van der Waals surface area contributed by atoms with Gasteiger partial charge in [-0.25, -0.2) is 4.79 Å². The Balaban J connectivity index is 2.20. The van der Waals surface area contributed by atoms with Crippen molar-refractivity contribution in [2.75, 3.05) is 0 Å². The lowest BCUT2D eigenvalue weighted by molar-refractivity contribution is -0.154. The van der Waals surface area contributed by atoms with Gasteiger partial charge in [0.05, 0.1) is 0 Å². The van der Waals surface area contributed by atoms with Gasteiger partial charge in [0.2, 0.25) is 41.4 Å². The fraction of sp³-hybridized carbons (Fsp3) is 0.607. The zero-order valence-electron chi connectivity index (χ0n) is 47.7. The van der Waals surface area contributed by atoms with Crippen LogP contribution in [0.25, 0.3) is 0 Å². The summed E-state index contributed by atoms with van der Waals surface area (Å²) in [4.78, 5) is 136. The molecule has 76 heavy (non-hydrogen) atoms. The summed E-state index contributed by atoms with van der Waals surface area (Å²) >= 11 is 1.02. The minimum absolute atomic E-state index is 0.000630. The maximum Gasteiger partial charge on any atom is 0.331 e. The van der Waals surface area contributed by atoms with Crippen molar-refractivity contribution in [3.05, 3.63) is 65.7 Å². The topological polar surface area (TPSA) is 276 Å². The van der Waals surface area contributed by atoms with E-state index in [2.05, 4.69) is 42.5 Å². The fourth-order valence-electron chi connectivity index (χ4n) is 7.61. The molecule has 2 rings (SSSR count). The number of esters is 1. The van der Waals surface area contributed by atoms with Gasteiger partial charge in [-0.3, -0.25) is 43.2 Å². The normalized spacial score (nSPS) is 13.6. The second kappa shape index (κ2) is 28.7. The van der Waals surface area contributed by atoms with Gasteiger partial charge in [-0.05, 0) is 135 Å². The lowest BCUT2D eigenvalue weighted by atomic mass is 9.95. The highest BCUT2D eigenvalue weighted by atomic mass is 32.2. The van der Waals surface area contributed by atoms with E-state index in [1.54, 1.807) is 36.4 Å². The molecular formula is C56H86N8O11S. The van der Waals surface area contributed by atoms with Crippen molar-refractivity contribution < 1.29 is 52.7 Å². The Bertz CT molecular complexity index is 2370. The molecular weight excluding hydrogens is 993 g/mol. The van der Waals surface area contributed by atoms with E-state index in [1.165, 1.54) is 62.3 Å². The Labute approximate surface area is 454 Å². The maximum absolute atomic E-state index is 14.1. The lowest BCUT2D eigenvalue weighted by Crippen LogP contribution is -2.65. The van der Waals surface area contributed by atoms with Gasteiger partial charge in [0.15, 0.2) is 5.12 Å². The molecule has 0 unspecified atom stereocenters. The molecule has 0 aliphatic carbocycles. The van der Waals surface area contributed by atoms with Crippen molar-refractivity contribution >= 4 is 70.1 Å². The molecule has 0 spiro atoms. The van der Waals surface area contributed by atoms with Crippen molar-refractivity contribution in [3.8, 4) is 0 Å². The first-order chi connectivity index (χ1) is 35.0. The summed E-state index contributed by atoms with van der Waals surface area (Å²) < 4.78 is 5.47. The highest BCUT2D eigenvalue weighted by Gasteiger charge is 2.41. The van der Waals surface area contributed by atoms with Gasteiger partial charge >= 0.3 is 5.97 Å². The van der Waals surface area contributed by atoms with Crippen molar-refractivity contribution in [1.29, 1.82) is 0 Å². The van der Waals surface area contributed by atoms with Crippen LogP contribution in [0.3, 0.4) is 0 Å². The average Bonchev–Trinajstić information content (AvgIpc) is 3.28. The number of amides is 8. The maximum atomic E-state index is 14.1. The second-order valence-electron chi connectivity index (χ2n) is 23.3. The van der Waals surface area contributed by atoms with Crippen LogP contribution >= 0.6 is 11.8 Å². The standard InChI is InChI=1S/C56H86N8O11S/c1-32(2)27-40(57-44(66)38-23-25-39(26-24-38)76-36(9)65)45(67)61-53(10,11)49(71)58-41(28-33(3)4)46(68)62-54(12,13)50(72)59-42(29-34(5)6)47(69)63-55(14,15)51(73)60-43(30-35(7)8)48(70)64-56(16,17)52(74)75-31-37-21-19-18-20-22-37/h18-26,32-35,40-43H,27-31H2,1-17H3,(H,57,66)(H,58,71)(H,59,72)(H,60,73)(H,61,67)(H,62,68)(H,63,69)(H,64,70)/t40-,41-,42-,43-/m0/s1. The van der Waals surface area contributed by atoms with Crippen LogP contribution in [-0.4, -0.2) is 105 Å². The number of hydrogen-bond acceptors (Lipinski definition) is 12. The third-order valence-corrected chi connectivity index (χ3v) is 12.7. The van der Waals surface area contributed by atoms with Crippen molar-refractivity contribution in [2.45, 2.75) is 201 Å². The summed E-state index contributed by atoms with van der Waals surface area (Å²) in [7, 11) is 0. The first-order valence-electron chi connectivity index (χ1n) is 26.0. The van der Waals surface area contributed by atoms with E-state index in [4.69, 9.17) is 4.74 Å². The number of thioether (sulfide) groups is 1. The Morgan fingerprint density at radius 3 is 1.08 bits per heavy atom. The van der Waals surface area contributed by atoms with Crippen molar-refractivity contribution in [3.63, 3.8) is 0 Å². The summed E-state index contributed by atoms with van der Waals surface area (Å²) in [5, 5.41) is 21.7. The molecule has 0 bridgehead atoms. The molecule has 0 fully saturated rings. The van der Waals surface area contributed by atoms with Gasteiger partial charge in [-0.15, -0.1) is 0 Å². The van der Waals surface area contributed by atoms with Gasteiger partial charge < -0.3 is 47.3 Å². The summed E-state index contributed by atoms with van der Waals surface area (Å²) in [5.41, 5.74) is -5.29.